The molecule has 0 bridgehead atoms. The molecule has 20 heavy (non-hydrogen) atoms. The van der Waals surface area contributed by atoms with Gasteiger partial charge in [-0.2, -0.15) is 0 Å². The fourth-order valence-corrected chi connectivity index (χ4v) is 2.78. The van der Waals surface area contributed by atoms with Gasteiger partial charge in [-0.3, -0.25) is 4.79 Å². The van der Waals surface area contributed by atoms with Crippen molar-refractivity contribution >= 4 is 21.8 Å². The Labute approximate surface area is 127 Å². The van der Waals surface area contributed by atoms with E-state index in [1.54, 1.807) is 6.92 Å². The van der Waals surface area contributed by atoms with Crippen molar-refractivity contribution in [2.75, 3.05) is 6.61 Å². The molecule has 3 atom stereocenters. The van der Waals surface area contributed by atoms with Crippen LogP contribution in [0.15, 0.2) is 28.7 Å². The van der Waals surface area contributed by atoms with Gasteiger partial charge in [-0.25, -0.2) is 0 Å². The molecule has 2 rings (SSSR count). The van der Waals surface area contributed by atoms with E-state index in [4.69, 9.17) is 4.74 Å². The van der Waals surface area contributed by atoms with Crippen LogP contribution in [0.25, 0.3) is 0 Å². The molecule has 3 unspecified atom stereocenters. The first-order valence-corrected chi connectivity index (χ1v) is 7.73. The summed E-state index contributed by atoms with van der Waals surface area (Å²) in [6.45, 7) is 1.87. The number of nitrogens with one attached hydrogen (secondary N) is 1. The van der Waals surface area contributed by atoms with E-state index >= 15 is 0 Å². The predicted molar refractivity (Wildman–Crippen MR) is 80.6 cm³/mol. The minimum atomic E-state index is -0.545. The second-order valence-electron chi connectivity index (χ2n) is 5.20. The molecule has 0 radical (unpaired) electrons. The van der Waals surface area contributed by atoms with Crippen LogP contribution in [0.3, 0.4) is 0 Å². The molecule has 5 heteroatoms. The van der Waals surface area contributed by atoms with Crippen LogP contribution in [0.2, 0.25) is 0 Å². The third-order valence-electron chi connectivity index (χ3n) is 3.72. The molecule has 0 aliphatic heterocycles. The number of rotatable bonds is 5. The van der Waals surface area contributed by atoms with Crippen molar-refractivity contribution in [2.45, 2.75) is 38.3 Å². The second-order valence-corrected chi connectivity index (χ2v) is 6.12. The van der Waals surface area contributed by atoms with Gasteiger partial charge in [-0.05, 0) is 44.0 Å². The van der Waals surface area contributed by atoms with E-state index in [2.05, 4.69) is 21.2 Å². The fraction of sp³-hybridized carbons (Fsp3) is 0.533. The highest BCUT2D eigenvalue weighted by Gasteiger charge is 2.29. The summed E-state index contributed by atoms with van der Waals surface area (Å²) in [6.07, 6.45) is 2.42. The smallest absolute Gasteiger partial charge is 0.261 e. The number of halogens is 1. The van der Waals surface area contributed by atoms with Crippen LogP contribution < -0.4 is 10.1 Å². The van der Waals surface area contributed by atoms with Crippen LogP contribution in [0.4, 0.5) is 0 Å². The summed E-state index contributed by atoms with van der Waals surface area (Å²) in [5.41, 5.74) is 0. The van der Waals surface area contributed by atoms with Crippen molar-refractivity contribution in [1.29, 1.82) is 0 Å². The molecule has 0 heterocycles. The van der Waals surface area contributed by atoms with Gasteiger partial charge in [0.25, 0.3) is 5.91 Å². The van der Waals surface area contributed by atoms with E-state index in [0.717, 1.165) is 23.7 Å². The molecular formula is C15H20BrNO3. The molecule has 1 aromatic carbocycles. The molecule has 1 aromatic rings. The lowest BCUT2D eigenvalue weighted by Crippen LogP contribution is -2.44. The van der Waals surface area contributed by atoms with Gasteiger partial charge < -0.3 is 15.2 Å². The van der Waals surface area contributed by atoms with E-state index in [1.165, 1.54) is 0 Å². The largest absolute Gasteiger partial charge is 0.481 e. The monoisotopic (exact) mass is 341 g/mol. The van der Waals surface area contributed by atoms with Gasteiger partial charge >= 0.3 is 0 Å². The molecule has 1 aliphatic carbocycles. The van der Waals surface area contributed by atoms with Crippen LogP contribution >= 0.6 is 15.9 Å². The molecule has 1 saturated carbocycles. The van der Waals surface area contributed by atoms with E-state index in [-0.39, 0.29) is 24.5 Å². The first-order valence-electron chi connectivity index (χ1n) is 6.93. The minimum Gasteiger partial charge on any atom is -0.481 e. The second kappa shape index (κ2) is 7.09. The Morgan fingerprint density at radius 1 is 1.45 bits per heavy atom. The molecule has 0 saturated heterocycles. The number of amides is 1. The van der Waals surface area contributed by atoms with E-state index in [9.17, 15) is 9.90 Å². The topological polar surface area (TPSA) is 58.6 Å². The van der Waals surface area contributed by atoms with Crippen molar-refractivity contribution in [3.8, 4) is 5.75 Å². The molecule has 4 nitrogen and oxygen atoms in total. The zero-order chi connectivity index (χ0) is 14.5. The molecule has 0 spiro atoms. The maximum atomic E-state index is 12.1. The summed E-state index contributed by atoms with van der Waals surface area (Å²) in [4.78, 5) is 12.1. The first kappa shape index (κ1) is 15.3. The average molecular weight is 342 g/mol. The number of ether oxygens (including phenoxy) is 1. The highest BCUT2D eigenvalue weighted by atomic mass is 79.9. The Morgan fingerprint density at radius 2 is 2.15 bits per heavy atom. The summed E-state index contributed by atoms with van der Waals surface area (Å²) < 4.78 is 6.59. The number of aliphatic hydroxyl groups is 1. The molecule has 0 aromatic heterocycles. The van der Waals surface area contributed by atoms with Gasteiger partial charge in [0.05, 0.1) is 0 Å². The van der Waals surface area contributed by atoms with Gasteiger partial charge in [0.15, 0.2) is 6.10 Å². The standard InChI is InChI=1S/C15H20BrNO3/c1-10(20-13-7-5-12(16)6-8-13)15(19)17-14-4-2-3-11(14)9-18/h5-8,10-11,14,18H,2-4,9H2,1H3,(H,17,19). The Morgan fingerprint density at radius 3 is 2.80 bits per heavy atom. The lowest BCUT2D eigenvalue weighted by molar-refractivity contribution is -0.128. The zero-order valence-electron chi connectivity index (χ0n) is 11.5. The molecule has 1 amide bonds. The number of aliphatic hydroxyl groups excluding tert-OH is 1. The molecule has 1 fully saturated rings. The summed E-state index contributed by atoms with van der Waals surface area (Å²) in [5.74, 6) is 0.720. The Balaban J connectivity index is 1.87. The highest BCUT2D eigenvalue weighted by Crippen LogP contribution is 2.25. The Bertz CT molecular complexity index is 449. The molecule has 110 valence electrons. The summed E-state index contributed by atoms with van der Waals surface area (Å²) >= 11 is 3.35. The van der Waals surface area contributed by atoms with Gasteiger partial charge in [0.1, 0.15) is 5.75 Å². The predicted octanol–water partition coefficient (Wildman–Crippen LogP) is 2.49. The first-order chi connectivity index (χ1) is 9.60. The number of hydrogen-bond donors (Lipinski definition) is 2. The van der Waals surface area contributed by atoms with Crippen molar-refractivity contribution in [3.63, 3.8) is 0 Å². The quantitative estimate of drug-likeness (QED) is 0.864. The van der Waals surface area contributed by atoms with Crippen molar-refractivity contribution < 1.29 is 14.6 Å². The van der Waals surface area contributed by atoms with Gasteiger partial charge in [-0.15, -0.1) is 0 Å². The fourth-order valence-electron chi connectivity index (χ4n) is 2.52. The maximum Gasteiger partial charge on any atom is 0.261 e. The van der Waals surface area contributed by atoms with E-state index in [1.807, 2.05) is 24.3 Å². The van der Waals surface area contributed by atoms with Crippen LogP contribution in [0, 0.1) is 5.92 Å². The highest BCUT2D eigenvalue weighted by molar-refractivity contribution is 9.10. The van der Waals surface area contributed by atoms with Crippen LogP contribution in [-0.4, -0.2) is 29.8 Å². The van der Waals surface area contributed by atoms with Gasteiger partial charge in [0.2, 0.25) is 0 Å². The number of benzene rings is 1. The van der Waals surface area contributed by atoms with Gasteiger partial charge in [0, 0.05) is 23.0 Å². The summed E-state index contributed by atoms with van der Waals surface area (Å²) in [6, 6.07) is 7.46. The van der Waals surface area contributed by atoms with Crippen molar-refractivity contribution in [3.05, 3.63) is 28.7 Å². The maximum absolute atomic E-state index is 12.1. The number of carbonyl (C=O) groups excluding carboxylic acids is 1. The van der Waals surface area contributed by atoms with E-state index < -0.39 is 6.10 Å². The van der Waals surface area contributed by atoms with E-state index in [0.29, 0.717) is 5.75 Å². The minimum absolute atomic E-state index is 0.0727. The van der Waals surface area contributed by atoms with Crippen LogP contribution in [0.5, 0.6) is 5.75 Å². The molecular weight excluding hydrogens is 322 g/mol. The van der Waals surface area contributed by atoms with Crippen molar-refractivity contribution in [1.82, 2.24) is 5.32 Å². The summed E-state index contributed by atoms with van der Waals surface area (Å²) in [5, 5.41) is 12.2. The SMILES string of the molecule is CC(Oc1ccc(Br)cc1)C(=O)NC1CCCC1CO. The van der Waals surface area contributed by atoms with Crippen LogP contribution in [0.1, 0.15) is 26.2 Å². The lowest BCUT2D eigenvalue weighted by atomic mass is 10.0. The third kappa shape index (κ3) is 3.96. The Hall–Kier alpha value is -1.07. The zero-order valence-corrected chi connectivity index (χ0v) is 13.1. The number of hydrogen-bond acceptors (Lipinski definition) is 3. The number of carbonyl (C=O) groups is 1. The van der Waals surface area contributed by atoms with Crippen LogP contribution in [-0.2, 0) is 4.79 Å². The Kier molecular flexibility index (Phi) is 5.43. The van der Waals surface area contributed by atoms with Gasteiger partial charge in [-0.1, -0.05) is 22.4 Å². The van der Waals surface area contributed by atoms with Crippen molar-refractivity contribution in [2.24, 2.45) is 5.92 Å². The third-order valence-corrected chi connectivity index (χ3v) is 4.25. The summed E-state index contributed by atoms with van der Waals surface area (Å²) in [7, 11) is 0. The average Bonchev–Trinajstić information content (AvgIpc) is 2.88. The lowest BCUT2D eigenvalue weighted by Gasteiger charge is -2.22. The normalized spacial score (nSPS) is 23.4. The molecule has 2 N–H and O–H groups in total. The molecule has 1 aliphatic rings.